The summed E-state index contributed by atoms with van der Waals surface area (Å²) < 4.78 is 62.3. The second-order valence-electron chi connectivity index (χ2n) is 8.20. The molecule has 7 nitrogen and oxygen atoms in total. The minimum atomic E-state index is -3.63. The van der Waals surface area contributed by atoms with Crippen LogP contribution in [0.15, 0.2) is 46.3 Å². The Hall–Kier alpha value is -2.47. The maximum Gasteiger partial charge on any atom is 0.251 e. The van der Waals surface area contributed by atoms with Crippen LogP contribution in [0.5, 0.6) is 0 Å². The molecule has 2 aromatic carbocycles. The highest BCUT2D eigenvalue weighted by Crippen LogP contribution is 2.26. The van der Waals surface area contributed by atoms with Crippen LogP contribution in [0, 0.1) is 24.5 Å². The first kappa shape index (κ1) is 24.6. The molecule has 0 unspecified atom stereocenters. The smallest absolute Gasteiger partial charge is 0.251 e. The van der Waals surface area contributed by atoms with Crippen LogP contribution in [-0.2, 0) is 26.1 Å². The molecular weight excluding hydrogens is 484 g/mol. The lowest BCUT2D eigenvalue weighted by Crippen LogP contribution is -2.40. The fourth-order valence-electron chi connectivity index (χ4n) is 3.99. The highest BCUT2D eigenvalue weighted by Gasteiger charge is 2.32. The van der Waals surface area contributed by atoms with Gasteiger partial charge in [0.05, 0.1) is 21.7 Å². The number of rotatable bonds is 6. The molecule has 1 aliphatic rings. The van der Waals surface area contributed by atoms with Crippen LogP contribution >= 0.6 is 11.3 Å². The summed E-state index contributed by atoms with van der Waals surface area (Å²) in [7, 11) is -2.13. The number of hydrogen-bond donors (Lipinski definition) is 0. The number of amides is 1. The molecule has 4 rings (SSSR count). The molecule has 3 aromatic rings. The molecule has 0 N–H and O–H groups in total. The first-order valence-corrected chi connectivity index (χ1v) is 13.1. The summed E-state index contributed by atoms with van der Waals surface area (Å²) in [5, 5.41) is 0. The predicted octanol–water partition coefficient (Wildman–Crippen LogP) is 3.46. The Morgan fingerprint density at radius 1 is 1.18 bits per heavy atom. The number of hydrogen-bond acceptors (Lipinski definition) is 5. The molecule has 182 valence electrons. The van der Waals surface area contributed by atoms with Crippen molar-refractivity contribution in [1.29, 1.82) is 0 Å². The molecule has 1 fully saturated rings. The molecule has 0 aliphatic carbocycles. The van der Waals surface area contributed by atoms with Gasteiger partial charge < -0.3 is 9.30 Å². The van der Waals surface area contributed by atoms with Crippen molar-refractivity contribution in [3.8, 4) is 0 Å². The van der Waals surface area contributed by atoms with Gasteiger partial charge in [-0.05, 0) is 38.0 Å². The summed E-state index contributed by atoms with van der Waals surface area (Å²) in [5.41, 5.74) is 1.14. The molecular formula is C23H25F2N3O4S2. The quantitative estimate of drug-likeness (QED) is 0.510. The predicted molar refractivity (Wildman–Crippen MR) is 125 cm³/mol. The van der Waals surface area contributed by atoms with E-state index in [2.05, 4.69) is 4.99 Å². The number of aromatic nitrogens is 1. The van der Waals surface area contributed by atoms with E-state index in [1.807, 2.05) is 6.92 Å². The van der Waals surface area contributed by atoms with Crippen molar-refractivity contribution in [3.05, 3.63) is 58.4 Å². The lowest BCUT2D eigenvalue weighted by atomic mass is 9.98. The van der Waals surface area contributed by atoms with E-state index in [0.29, 0.717) is 17.5 Å². The first-order valence-electron chi connectivity index (χ1n) is 10.8. The molecule has 0 atom stereocenters. The van der Waals surface area contributed by atoms with E-state index >= 15 is 0 Å². The average molecular weight is 510 g/mol. The van der Waals surface area contributed by atoms with Gasteiger partial charge >= 0.3 is 0 Å². The van der Waals surface area contributed by atoms with Crippen molar-refractivity contribution in [2.24, 2.45) is 10.9 Å². The number of fused-ring (bicyclic) bond motifs is 1. The number of carbonyl (C=O) groups excluding carboxylic acids is 1. The van der Waals surface area contributed by atoms with Crippen LogP contribution in [0.2, 0.25) is 0 Å². The maximum absolute atomic E-state index is 14.5. The Labute approximate surface area is 200 Å². The van der Waals surface area contributed by atoms with E-state index in [-0.39, 0.29) is 41.5 Å². The monoisotopic (exact) mass is 509 g/mol. The fraction of sp³-hybridized carbons (Fsp3) is 0.391. The number of ether oxygens (including phenoxy) is 1. The molecule has 2 heterocycles. The molecule has 1 saturated heterocycles. The van der Waals surface area contributed by atoms with Crippen molar-refractivity contribution in [3.63, 3.8) is 0 Å². The Kier molecular flexibility index (Phi) is 7.27. The van der Waals surface area contributed by atoms with Gasteiger partial charge in [-0.1, -0.05) is 29.0 Å². The van der Waals surface area contributed by atoms with E-state index in [1.165, 1.54) is 22.0 Å². The van der Waals surface area contributed by atoms with Crippen LogP contribution in [0.25, 0.3) is 10.2 Å². The maximum atomic E-state index is 14.5. The number of nitrogens with zero attached hydrogens (tertiary/aromatic N) is 3. The van der Waals surface area contributed by atoms with Crippen molar-refractivity contribution in [2.75, 3.05) is 26.8 Å². The molecule has 0 spiro atoms. The summed E-state index contributed by atoms with van der Waals surface area (Å²) in [4.78, 5) is 17.7. The van der Waals surface area contributed by atoms with Crippen LogP contribution < -0.4 is 4.80 Å². The van der Waals surface area contributed by atoms with Gasteiger partial charge in [-0.25, -0.2) is 17.2 Å². The lowest BCUT2D eigenvalue weighted by molar-refractivity contribution is -0.122. The number of benzene rings is 2. The zero-order chi connectivity index (χ0) is 24.5. The molecule has 0 bridgehead atoms. The van der Waals surface area contributed by atoms with Gasteiger partial charge in [0.25, 0.3) is 5.91 Å². The average Bonchev–Trinajstić information content (AvgIpc) is 3.14. The van der Waals surface area contributed by atoms with E-state index in [1.54, 1.807) is 24.3 Å². The third kappa shape index (κ3) is 4.97. The largest absolute Gasteiger partial charge is 0.383 e. The summed E-state index contributed by atoms with van der Waals surface area (Å²) >= 11 is 1.03. The normalized spacial score (nSPS) is 16.4. The van der Waals surface area contributed by atoms with Gasteiger partial charge in [-0.3, -0.25) is 4.79 Å². The third-order valence-electron chi connectivity index (χ3n) is 5.88. The van der Waals surface area contributed by atoms with Gasteiger partial charge in [0.1, 0.15) is 5.82 Å². The summed E-state index contributed by atoms with van der Waals surface area (Å²) in [6.07, 6.45) is 0.665. The molecule has 0 saturated carbocycles. The zero-order valence-corrected chi connectivity index (χ0v) is 20.5. The molecule has 11 heteroatoms. The van der Waals surface area contributed by atoms with Gasteiger partial charge in [-0.15, -0.1) is 0 Å². The van der Waals surface area contributed by atoms with E-state index in [4.69, 9.17) is 4.74 Å². The number of methoxy groups -OCH3 is 1. The van der Waals surface area contributed by atoms with Crippen molar-refractivity contribution >= 4 is 37.5 Å². The fourth-order valence-corrected chi connectivity index (χ4v) is 6.56. The zero-order valence-electron chi connectivity index (χ0n) is 18.8. The number of thiazole rings is 1. The van der Waals surface area contributed by atoms with Gasteiger partial charge in [0.2, 0.25) is 10.0 Å². The second-order valence-corrected chi connectivity index (χ2v) is 11.2. The van der Waals surface area contributed by atoms with Crippen LogP contribution in [0.3, 0.4) is 0 Å². The molecule has 1 amide bonds. The van der Waals surface area contributed by atoms with Crippen molar-refractivity contribution in [2.45, 2.75) is 31.2 Å². The van der Waals surface area contributed by atoms with Crippen LogP contribution in [-0.4, -0.2) is 50.0 Å². The number of aryl methyl sites for hydroxylation is 1. The van der Waals surface area contributed by atoms with Crippen LogP contribution in [0.1, 0.15) is 18.4 Å². The highest BCUT2D eigenvalue weighted by atomic mass is 32.2. The SMILES string of the molecule is COCCn1c(=NC(=O)C2CCN(S(=O)(=O)c3ccc(C)cc3)CC2)sc2cc(F)cc(F)c21. The Morgan fingerprint density at radius 3 is 2.50 bits per heavy atom. The van der Waals surface area contributed by atoms with Gasteiger partial charge in [0, 0.05) is 38.7 Å². The number of halogens is 2. The Bertz CT molecular complexity index is 1370. The summed E-state index contributed by atoms with van der Waals surface area (Å²) in [6.45, 7) is 2.81. The second kappa shape index (κ2) is 10.0. The Morgan fingerprint density at radius 2 is 1.85 bits per heavy atom. The lowest BCUT2D eigenvalue weighted by Gasteiger charge is -2.29. The summed E-state index contributed by atoms with van der Waals surface area (Å²) in [5.74, 6) is -2.28. The van der Waals surface area contributed by atoms with E-state index in [9.17, 15) is 22.0 Å². The number of carbonyl (C=O) groups is 1. The van der Waals surface area contributed by atoms with Gasteiger partial charge in [-0.2, -0.15) is 9.30 Å². The minimum Gasteiger partial charge on any atom is -0.383 e. The molecule has 1 aromatic heterocycles. The van der Waals surface area contributed by atoms with Crippen molar-refractivity contribution < 1.29 is 26.7 Å². The molecule has 1 aliphatic heterocycles. The summed E-state index contributed by atoms with van der Waals surface area (Å²) in [6, 6.07) is 8.68. The third-order valence-corrected chi connectivity index (χ3v) is 8.82. The topological polar surface area (TPSA) is 81.0 Å². The van der Waals surface area contributed by atoms with E-state index in [0.717, 1.165) is 23.0 Å². The first-order chi connectivity index (χ1) is 16.2. The van der Waals surface area contributed by atoms with Gasteiger partial charge in [0.15, 0.2) is 10.6 Å². The number of sulfonamides is 1. The highest BCUT2D eigenvalue weighted by molar-refractivity contribution is 7.89. The Balaban J connectivity index is 1.55. The molecule has 0 radical (unpaired) electrons. The molecule has 34 heavy (non-hydrogen) atoms. The van der Waals surface area contributed by atoms with E-state index < -0.39 is 33.5 Å². The number of piperidine rings is 1. The standard InChI is InChI=1S/C23H25F2N3O4S2/c1-15-3-5-18(6-4-15)34(30,31)27-9-7-16(8-10-27)22(29)26-23-28(11-12-32-2)21-19(25)13-17(24)14-20(21)33-23/h3-6,13-14,16H,7-12H2,1-2H3. The van der Waals surface area contributed by atoms with Crippen molar-refractivity contribution in [1.82, 2.24) is 8.87 Å². The minimum absolute atomic E-state index is 0.175. The van der Waals surface area contributed by atoms with Crippen LogP contribution in [0.4, 0.5) is 8.78 Å².